The molecule has 1 fully saturated rings. The Kier molecular flexibility index (Phi) is 3.38. The van der Waals surface area contributed by atoms with E-state index in [1.54, 1.807) is 11.0 Å². The fourth-order valence-electron chi connectivity index (χ4n) is 1.98. The van der Waals surface area contributed by atoms with Gasteiger partial charge in [-0.2, -0.15) is 0 Å². The quantitative estimate of drug-likeness (QED) is 0.866. The molecule has 1 aromatic rings. The minimum atomic E-state index is -0.293. The van der Waals surface area contributed by atoms with Gasteiger partial charge in [-0.25, -0.2) is 0 Å². The Bertz CT molecular complexity index is 436. The number of halogens is 1. The average molecular weight is 257 g/mol. The standard InChI is InChI=1S/C11H13ClN2O3/c12-9-8(3-6-17-9)11(16)14-4-1-7(2-5-14)10(13)15/h3,6-7H,1-2,4-5H2,(H2,13,15). The highest BCUT2D eigenvalue weighted by molar-refractivity contribution is 6.32. The van der Waals surface area contributed by atoms with E-state index in [2.05, 4.69) is 0 Å². The van der Waals surface area contributed by atoms with Crippen LogP contribution < -0.4 is 5.73 Å². The highest BCUT2D eigenvalue weighted by atomic mass is 35.5. The van der Waals surface area contributed by atoms with Crippen LogP contribution in [-0.2, 0) is 4.79 Å². The van der Waals surface area contributed by atoms with Crippen molar-refractivity contribution in [3.8, 4) is 0 Å². The number of likely N-dealkylation sites (tertiary alicyclic amines) is 1. The molecule has 1 aliphatic heterocycles. The molecule has 2 heterocycles. The molecule has 1 saturated heterocycles. The topological polar surface area (TPSA) is 76.5 Å². The van der Waals surface area contributed by atoms with Crippen molar-refractivity contribution in [2.75, 3.05) is 13.1 Å². The van der Waals surface area contributed by atoms with Gasteiger partial charge in [0.25, 0.3) is 5.91 Å². The second-order valence-electron chi connectivity index (χ2n) is 4.08. The van der Waals surface area contributed by atoms with Crippen molar-refractivity contribution in [2.24, 2.45) is 11.7 Å². The number of carbonyl (C=O) groups is 2. The van der Waals surface area contributed by atoms with E-state index in [9.17, 15) is 9.59 Å². The first-order chi connectivity index (χ1) is 8.09. The zero-order valence-corrected chi connectivity index (χ0v) is 9.94. The summed E-state index contributed by atoms with van der Waals surface area (Å²) < 4.78 is 4.88. The molecule has 92 valence electrons. The highest BCUT2D eigenvalue weighted by Crippen LogP contribution is 2.22. The maximum Gasteiger partial charge on any atom is 0.258 e. The van der Waals surface area contributed by atoms with E-state index in [4.69, 9.17) is 21.8 Å². The zero-order valence-electron chi connectivity index (χ0n) is 9.19. The van der Waals surface area contributed by atoms with Crippen molar-refractivity contribution in [2.45, 2.75) is 12.8 Å². The van der Waals surface area contributed by atoms with Crippen molar-refractivity contribution in [3.05, 3.63) is 23.1 Å². The molecule has 0 aromatic carbocycles. The molecule has 0 bridgehead atoms. The van der Waals surface area contributed by atoms with Gasteiger partial charge >= 0.3 is 0 Å². The van der Waals surface area contributed by atoms with Gasteiger partial charge < -0.3 is 15.1 Å². The predicted octanol–water partition coefficient (Wildman–Crippen LogP) is 1.27. The number of hydrogen-bond donors (Lipinski definition) is 1. The van der Waals surface area contributed by atoms with Gasteiger partial charge in [-0.05, 0) is 30.5 Å². The maximum atomic E-state index is 12.0. The number of primary amides is 1. The van der Waals surface area contributed by atoms with Gasteiger partial charge in [-0.1, -0.05) is 0 Å². The van der Waals surface area contributed by atoms with Crippen molar-refractivity contribution in [1.82, 2.24) is 4.90 Å². The van der Waals surface area contributed by atoms with Crippen LogP contribution in [0.15, 0.2) is 16.7 Å². The van der Waals surface area contributed by atoms with Crippen LogP contribution in [0.5, 0.6) is 0 Å². The fourth-order valence-corrected chi connectivity index (χ4v) is 2.18. The molecule has 2 amide bonds. The maximum absolute atomic E-state index is 12.0. The van der Waals surface area contributed by atoms with E-state index in [0.29, 0.717) is 31.5 Å². The number of rotatable bonds is 2. The molecule has 2 N–H and O–H groups in total. The molecule has 0 spiro atoms. The van der Waals surface area contributed by atoms with Crippen molar-refractivity contribution in [1.29, 1.82) is 0 Å². The Hall–Kier alpha value is -1.49. The van der Waals surface area contributed by atoms with Gasteiger partial charge in [0, 0.05) is 19.0 Å². The van der Waals surface area contributed by atoms with E-state index in [0.717, 1.165) is 0 Å². The summed E-state index contributed by atoms with van der Waals surface area (Å²) in [5, 5.41) is 0.104. The summed E-state index contributed by atoms with van der Waals surface area (Å²) in [6.45, 7) is 1.04. The Morgan fingerprint density at radius 1 is 1.41 bits per heavy atom. The number of furan rings is 1. The number of carbonyl (C=O) groups excluding carboxylic acids is 2. The SMILES string of the molecule is NC(=O)C1CCN(C(=O)c2ccoc2Cl)CC1. The molecule has 0 saturated carbocycles. The predicted molar refractivity (Wildman–Crippen MR) is 61.5 cm³/mol. The van der Waals surface area contributed by atoms with Gasteiger partial charge in [0.05, 0.1) is 11.8 Å². The van der Waals surface area contributed by atoms with Crippen LogP contribution in [0.2, 0.25) is 5.22 Å². The molecular weight excluding hydrogens is 244 g/mol. The van der Waals surface area contributed by atoms with Gasteiger partial charge in [0.15, 0.2) is 0 Å². The van der Waals surface area contributed by atoms with E-state index >= 15 is 0 Å². The number of amides is 2. The van der Waals surface area contributed by atoms with Crippen LogP contribution in [0.4, 0.5) is 0 Å². The van der Waals surface area contributed by atoms with Crippen LogP contribution in [0, 0.1) is 5.92 Å². The van der Waals surface area contributed by atoms with Crippen molar-refractivity contribution < 1.29 is 14.0 Å². The summed E-state index contributed by atoms with van der Waals surface area (Å²) in [6.07, 6.45) is 2.60. The van der Waals surface area contributed by atoms with E-state index in [-0.39, 0.29) is 23.0 Å². The molecule has 0 aliphatic carbocycles. The Morgan fingerprint density at radius 2 is 2.06 bits per heavy atom. The Morgan fingerprint density at radius 3 is 2.53 bits per heavy atom. The van der Waals surface area contributed by atoms with Gasteiger partial charge in [-0.15, -0.1) is 0 Å². The fraction of sp³-hybridized carbons (Fsp3) is 0.455. The summed E-state index contributed by atoms with van der Waals surface area (Å²) >= 11 is 5.74. The van der Waals surface area contributed by atoms with Gasteiger partial charge in [-0.3, -0.25) is 9.59 Å². The lowest BCUT2D eigenvalue weighted by molar-refractivity contribution is -0.123. The smallest absolute Gasteiger partial charge is 0.258 e. The number of nitrogens with zero attached hydrogens (tertiary/aromatic N) is 1. The number of nitrogens with two attached hydrogens (primary N) is 1. The molecule has 1 aliphatic rings. The molecule has 0 radical (unpaired) electrons. The van der Waals surface area contributed by atoms with Gasteiger partial charge in [0.2, 0.25) is 11.1 Å². The average Bonchev–Trinajstić information content (AvgIpc) is 2.74. The third-order valence-corrected chi connectivity index (χ3v) is 3.33. The molecule has 0 unspecified atom stereocenters. The Balaban J connectivity index is 2.00. The van der Waals surface area contributed by atoms with Crippen LogP contribution in [0.25, 0.3) is 0 Å². The van der Waals surface area contributed by atoms with Crippen molar-refractivity contribution in [3.63, 3.8) is 0 Å². The van der Waals surface area contributed by atoms with Crippen LogP contribution in [0.1, 0.15) is 23.2 Å². The minimum absolute atomic E-state index is 0.104. The lowest BCUT2D eigenvalue weighted by atomic mass is 9.96. The molecular formula is C11H13ClN2O3. The highest BCUT2D eigenvalue weighted by Gasteiger charge is 2.27. The third kappa shape index (κ3) is 2.44. The summed E-state index contributed by atoms with van der Waals surface area (Å²) in [7, 11) is 0. The third-order valence-electron chi connectivity index (χ3n) is 3.03. The molecule has 6 heteroatoms. The lowest BCUT2D eigenvalue weighted by Gasteiger charge is -2.30. The first kappa shape index (κ1) is 12.0. The number of hydrogen-bond acceptors (Lipinski definition) is 3. The summed E-state index contributed by atoms with van der Waals surface area (Å²) in [4.78, 5) is 24.7. The normalized spacial score (nSPS) is 17.1. The molecule has 17 heavy (non-hydrogen) atoms. The van der Waals surface area contributed by atoms with Crippen molar-refractivity contribution >= 4 is 23.4 Å². The molecule has 2 rings (SSSR count). The van der Waals surface area contributed by atoms with E-state index < -0.39 is 0 Å². The van der Waals surface area contributed by atoms with Crippen LogP contribution >= 0.6 is 11.6 Å². The first-order valence-corrected chi connectivity index (χ1v) is 5.79. The monoisotopic (exact) mass is 256 g/mol. The molecule has 1 aromatic heterocycles. The zero-order chi connectivity index (χ0) is 12.4. The second-order valence-corrected chi connectivity index (χ2v) is 4.42. The van der Waals surface area contributed by atoms with Crippen LogP contribution in [-0.4, -0.2) is 29.8 Å². The molecule has 5 nitrogen and oxygen atoms in total. The summed E-state index contributed by atoms with van der Waals surface area (Å²) in [5.41, 5.74) is 5.59. The minimum Gasteiger partial charge on any atom is -0.452 e. The van der Waals surface area contributed by atoms with E-state index in [1.807, 2.05) is 0 Å². The lowest BCUT2D eigenvalue weighted by Crippen LogP contribution is -2.41. The Labute approximate surface area is 104 Å². The second kappa shape index (κ2) is 4.79. The summed E-state index contributed by atoms with van der Waals surface area (Å²) in [6, 6.07) is 1.55. The number of piperidine rings is 1. The van der Waals surface area contributed by atoms with E-state index in [1.165, 1.54) is 6.26 Å². The van der Waals surface area contributed by atoms with Crippen LogP contribution in [0.3, 0.4) is 0 Å². The molecule has 0 atom stereocenters. The van der Waals surface area contributed by atoms with Gasteiger partial charge in [0.1, 0.15) is 0 Å². The first-order valence-electron chi connectivity index (χ1n) is 5.41. The largest absolute Gasteiger partial charge is 0.452 e. The summed E-state index contributed by atoms with van der Waals surface area (Å²) in [5.74, 6) is -0.580.